The number of carbonyl (C=O) groups excluding carboxylic acids is 1. The van der Waals surface area contributed by atoms with Crippen molar-refractivity contribution in [2.45, 2.75) is 56.1 Å². The summed E-state index contributed by atoms with van der Waals surface area (Å²) in [5.74, 6) is -0.210. The number of likely N-dealkylation sites (tertiary alicyclic amines) is 1. The lowest BCUT2D eigenvalue weighted by atomic mass is 9.73. The van der Waals surface area contributed by atoms with Crippen molar-refractivity contribution in [3.8, 4) is 17.2 Å². The van der Waals surface area contributed by atoms with Gasteiger partial charge in [-0.3, -0.25) is 0 Å². The molecule has 0 radical (unpaired) electrons. The number of benzene rings is 2. The number of urea groups is 1. The van der Waals surface area contributed by atoms with Gasteiger partial charge in [0.25, 0.3) is 0 Å². The minimum Gasteiger partial charge on any atom is -0.394 e. The van der Waals surface area contributed by atoms with E-state index in [4.69, 9.17) is 0 Å². The van der Waals surface area contributed by atoms with Crippen LogP contribution >= 0.6 is 0 Å². The third kappa shape index (κ3) is 3.73. The molecule has 4 rings (SSSR count). The van der Waals surface area contributed by atoms with Crippen LogP contribution in [0.25, 0.3) is 11.1 Å². The summed E-state index contributed by atoms with van der Waals surface area (Å²) in [7, 11) is 0. The van der Waals surface area contributed by atoms with Gasteiger partial charge in [0, 0.05) is 12.0 Å². The SMILES string of the molecule is N#C[C@@H]1[C@H](c2ccccc2-c2ccccc2)[C@H](CO)N1C(=O)NC1CCCCC1. The van der Waals surface area contributed by atoms with Gasteiger partial charge in [0.1, 0.15) is 6.04 Å². The Balaban J connectivity index is 1.59. The molecule has 2 amide bonds. The summed E-state index contributed by atoms with van der Waals surface area (Å²) in [4.78, 5) is 14.5. The number of hydrogen-bond donors (Lipinski definition) is 2. The lowest BCUT2D eigenvalue weighted by Gasteiger charge is -2.52. The van der Waals surface area contributed by atoms with Crippen molar-refractivity contribution in [2.24, 2.45) is 0 Å². The molecule has 2 fully saturated rings. The van der Waals surface area contributed by atoms with Crippen molar-refractivity contribution < 1.29 is 9.90 Å². The van der Waals surface area contributed by atoms with E-state index in [0.717, 1.165) is 42.4 Å². The molecule has 0 unspecified atom stereocenters. The summed E-state index contributed by atoms with van der Waals surface area (Å²) in [6, 6.07) is 19.3. The summed E-state index contributed by atoms with van der Waals surface area (Å²) in [5, 5.41) is 23.0. The molecule has 1 saturated carbocycles. The number of aliphatic hydroxyl groups excluding tert-OH is 1. The van der Waals surface area contributed by atoms with E-state index >= 15 is 0 Å². The van der Waals surface area contributed by atoms with E-state index in [1.807, 2.05) is 54.6 Å². The zero-order valence-corrected chi connectivity index (χ0v) is 16.5. The summed E-state index contributed by atoms with van der Waals surface area (Å²) >= 11 is 0. The van der Waals surface area contributed by atoms with Gasteiger partial charge in [0.2, 0.25) is 0 Å². The van der Waals surface area contributed by atoms with Gasteiger partial charge in [0.05, 0.1) is 18.7 Å². The number of nitrogens with one attached hydrogen (secondary N) is 1. The zero-order valence-electron chi connectivity index (χ0n) is 16.5. The molecule has 2 aromatic carbocycles. The molecule has 5 nitrogen and oxygen atoms in total. The average Bonchev–Trinajstić information content (AvgIpc) is 2.75. The molecule has 1 saturated heterocycles. The van der Waals surface area contributed by atoms with Gasteiger partial charge in [-0.15, -0.1) is 0 Å². The Morgan fingerprint density at radius 1 is 1.07 bits per heavy atom. The number of nitriles is 1. The monoisotopic (exact) mass is 389 g/mol. The maximum Gasteiger partial charge on any atom is 0.319 e. The molecule has 1 aliphatic heterocycles. The largest absolute Gasteiger partial charge is 0.394 e. The van der Waals surface area contributed by atoms with Crippen LogP contribution in [-0.2, 0) is 0 Å². The van der Waals surface area contributed by atoms with Crippen LogP contribution in [0, 0.1) is 11.3 Å². The highest BCUT2D eigenvalue weighted by molar-refractivity contribution is 5.79. The number of nitrogens with zero attached hydrogens (tertiary/aromatic N) is 2. The Labute approximate surface area is 172 Å². The Morgan fingerprint density at radius 3 is 2.45 bits per heavy atom. The van der Waals surface area contributed by atoms with Gasteiger partial charge in [0.15, 0.2) is 0 Å². The fraction of sp³-hybridized carbons (Fsp3) is 0.417. The highest BCUT2D eigenvalue weighted by atomic mass is 16.3. The number of carbonyl (C=O) groups is 1. The fourth-order valence-corrected chi connectivity index (χ4v) is 4.82. The van der Waals surface area contributed by atoms with Crippen LogP contribution in [0.5, 0.6) is 0 Å². The van der Waals surface area contributed by atoms with Crippen molar-refractivity contribution in [2.75, 3.05) is 6.61 Å². The van der Waals surface area contributed by atoms with Gasteiger partial charge in [-0.25, -0.2) is 4.79 Å². The summed E-state index contributed by atoms with van der Waals surface area (Å²) in [5.41, 5.74) is 3.12. The van der Waals surface area contributed by atoms with E-state index in [0.29, 0.717) is 0 Å². The standard InChI is InChI=1S/C24H27N3O2/c25-15-21-23(20-14-8-7-13-19(20)17-9-3-1-4-10-17)22(16-28)27(21)24(29)26-18-11-5-2-6-12-18/h1,3-4,7-10,13-14,18,21-23,28H,2,5-6,11-12,16H2,(H,26,29)/t21-,22+,23+/m1/s1. The smallest absolute Gasteiger partial charge is 0.319 e. The van der Waals surface area contributed by atoms with Gasteiger partial charge in [-0.1, -0.05) is 73.9 Å². The normalized spacial score (nSPS) is 24.4. The third-order valence-electron chi connectivity index (χ3n) is 6.30. The first kappa shape index (κ1) is 19.5. The highest BCUT2D eigenvalue weighted by Crippen LogP contribution is 2.44. The fourth-order valence-electron chi connectivity index (χ4n) is 4.82. The van der Waals surface area contributed by atoms with Crippen LogP contribution in [0.2, 0.25) is 0 Å². The third-order valence-corrected chi connectivity index (χ3v) is 6.30. The van der Waals surface area contributed by atoms with E-state index in [1.165, 1.54) is 6.42 Å². The van der Waals surface area contributed by atoms with Crippen LogP contribution in [0.3, 0.4) is 0 Å². The van der Waals surface area contributed by atoms with Crippen LogP contribution in [0.4, 0.5) is 4.79 Å². The number of aliphatic hydroxyl groups is 1. The van der Waals surface area contributed by atoms with Crippen molar-refractivity contribution >= 4 is 6.03 Å². The molecule has 5 heteroatoms. The van der Waals surface area contributed by atoms with Crippen molar-refractivity contribution in [3.63, 3.8) is 0 Å². The van der Waals surface area contributed by atoms with E-state index in [-0.39, 0.29) is 24.6 Å². The molecule has 1 aliphatic carbocycles. The number of amides is 2. The van der Waals surface area contributed by atoms with E-state index in [2.05, 4.69) is 11.4 Å². The molecule has 2 N–H and O–H groups in total. The van der Waals surface area contributed by atoms with Crippen LogP contribution < -0.4 is 5.32 Å². The molecule has 0 spiro atoms. The Kier molecular flexibility index (Phi) is 5.82. The molecule has 3 atom stereocenters. The molecular weight excluding hydrogens is 362 g/mol. The Hall–Kier alpha value is -2.84. The first-order valence-electron chi connectivity index (χ1n) is 10.5. The summed E-state index contributed by atoms with van der Waals surface area (Å²) < 4.78 is 0. The van der Waals surface area contributed by atoms with Crippen LogP contribution in [0.15, 0.2) is 54.6 Å². The zero-order chi connectivity index (χ0) is 20.2. The lowest BCUT2D eigenvalue weighted by Crippen LogP contribution is -2.68. The molecule has 29 heavy (non-hydrogen) atoms. The second kappa shape index (κ2) is 8.67. The predicted molar refractivity (Wildman–Crippen MR) is 112 cm³/mol. The van der Waals surface area contributed by atoms with E-state index in [1.54, 1.807) is 4.90 Å². The second-order valence-electron chi connectivity index (χ2n) is 7.99. The maximum absolute atomic E-state index is 12.9. The van der Waals surface area contributed by atoms with Crippen molar-refractivity contribution in [3.05, 3.63) is 60.2 Å². The first-order chi connectivity index (χ1) is 14.2. The minimum absolute atomic E-state index is 0.163. The predicted octanol–water partition coefficient (Wildman–Crippen LogP) is 4.05. The van der Waals surface area contributed by atoms with Gasteiger partial charge >= 0.3 is 6.03 Å². The Morgan fingerprint density at radius 2 is 1.76 bits per heavy atom. The minimum atomic E-state index is -0.583. The molecular formula is C24H27N3O2. The van der Waals surface area contributed by atoms with Gasteiger partial charge < -0.3 is 15.3 Å². The van der Waals surface area contributed by atoms with E-state index in [9.17, 15) is 15.2 Å². The summed E-state index contributed by atoms with van der Waals surface area (Å²) in [6.45, 7) is -0.163. The highest BCUT2D eigenvalue weighted by Gasteiger charge is 2.52. The molecule has 0 aromatic heterocycles. The second-order valence-corrected chi connectivity index (χ2v) is 7.99. The van der Waals surface area contributed by atoms with Gasteiger partial charge in [-0.05, 0) is 29.5 Å². The van der Waals surface area contributed by atoms with E-state index < -0.39 is 12.1 Å². The molecule has 1 heterocycles. The lowest BCUT2D eigenvalue weighted by molar-refractivity contribution is 0.0155. The number of rotatable bonds is 4. The van der Waals surface area contributed by atoms with Crippen molar-refractivity contribution in [1.29, 1.82) is 5.26 Å². The maximum atomic E-state index is 12.9. The van der Waals surface area contributed by atoms with Crippen molar-refractivity contribution in [1.82, 2.24) is 10.2 Å². The number of hydrogen-bond acceptors (Lipinski definition) is 3. The molecule has 0 bridgehead atoms. The first-order valence-corrected chi connectivity index (χ1v) is 10.5. The molecule has 150 valence electrons. The molecule has 2 aromatic rings. The molecule has 2 aliphatic rings. The average molecular weight is 389 g/mol. The summed E-state index contributed by atoms with van der Waals surface area (Å²) in [6.07, 6.45) is 5.45. The Bertz CT molecular complexity index is 886. The van der Waals surface area contributed by atoms with Crippen LogP contribution in [-0.4, -0.2) is 40.8 Å². The van der Waals surface area contributed by atoms with Gasteiger partial charge in [-0.2, -0.15) is 5.26 Å². The quantitative estimate of drug-likeness (QED) is 0.828. The van der Waals surface area contributed by atoms with Crippen LogP contribution in [0.1, 0.15) is 43.6 Å². The topological polar surface area (TPSA) is 76.4 Å².